The van der Waals surface area contributed by atoms with Gasteiger partial charge >= 0.3 is 0 Å². The predicted octanol–water partition coefficient (Wildman–Crippen LogP) is 7.72. The van der Waals surface area contributed by atoms with Crippen LogP contribution in [-0.4, -0.2) is 8.42 Å². The van der Waals surface area contributed by atoms with E-state index in [1.54, 1.807) is 6.07 Å². The summed E-state index contributed by atoms with van der Waals surface area (Å²) in [5.41, 5.74) is 5.31. The van der Waals surface area contributed by atoms with E-state index in [1.165, 1.54) is 22.3 Å². The van der Waals surface area contributed by atoms with Crippen LogP contribution >= 0.6 is 10.8 Å². The SMILES string of the molecule is CCc1cc2ccc(SS(=O)(=O)c3ccc4cc(CC)c(CC)cc4c3)cc2cc1CC. The molecule has 4 heteroatoms. The van der Waals surface area contributed by atoms with Gasteiger partial charge in [0.15, 0.2) is 0 Å². The molecule has 4 rings (SSSR count). The van der Waals surface area contributed by atoms with Gasteiger partial charge in [-0.3, -0.25) is 0 Å². The Morgan fingerprint density at radius 3 is 1.50 bits per heavy atom. The summed E-state index contributed by atoms with van der Waals surface area (Å²) in [5, 5.41) is 4.33. The molecular weight excluding hydrogens is 432 g/mol. The highest BCUT2D eigenvalue weighted by Gasteiger charge is 2.18. The Bertz CT molecular complexity index is 1400. The minimum atomic E-state index is -3.52. The van der Waals surface area contributed by atoms with Crippen molar-refractivity contribution in [2.24, 2.45) is 0 Å². The van der Waals surface area contributed by atoms with Crippen molar-refractivity contribution in [3.8, 4) is 0 Å². The molecule has 0 aliphatic carbocycles. The van der Waals surface area contributed by atoms with Crippen molar-refractivity contribution >= 4 is 41.2 Å². The van der Waals surface area contributed by atoms with Crippen LogP contribution in [0.3, 0.4) is 0 Å². The summed E-state index contributed by atoms with van der Waals surface area (Å²) in [6.07, 6.45) is 3.91. The maximum Gasteiger partial charge on any atom is 0.234 e. The Balaban J connectivity index is 1.70. The summed E-state index contributed by atoms with van der Waals surface area (Å²) >= 11 is 0. The summed E-state index contributed by atoms with van der Waals surface area (Å²) in [6.45, 7) is 8.64. The number of benzene rings is 4. The Morgan fingerprint density at radius 2 is 1.00 bits per heavy atom. The molecule has 4 aromatic carbocycles. The van der Waals surface area contributed by atoms with Gasteiger partial charge in [0.05, 0.1) is 4.90 Å². The molecule has 32 heavy (non-hydrogen) atoms. The van der Waals surface area contributed by atoms with Gasteiger partial charge in [-0.1, -0.05) is 64.1 Å². The quantitative estimate of drug-likeness (QED) is 0.264. The Kier molecular flexibility index (Phi) is 6.64. The molecule has 0 saturated heterocycles. The minimum absolute atomic E-state index is 0.358. The zero-order valence-electron chi connectivity index (χ0n) is 19.2. The fourth-order valence-corrected chi connectivity index (χ4v) is 7.26. The molecule has 0 unspecified atom stereocenters. The molecule has 0 radical (unpaired) electrons. The normalized spacial score (nSPS) is 12.0. The Labute approximate surface area is 195 Å². The monoisotopic (exact) mass is 462 g/mol. The van der Waals surface area contributed by atoms with Gasteiger partial charge in [0, 0.05) is 15.7 Å². The van der Waals surface area contributed by atoms with Crippen LogP contribution in [0, 0.1) is 0 Å². The summed E-state index contributed by atoms with van der Waals surface area (Å²) in [4.78, 5) is 1.11. The standard InChI is InChI=1S/C28H30O2S2/c1-5-19-13-23-9-11-27(17-25(23)15-21(19)7-3)31-32(29,30)28-12-10-24-14-20(6-2)22(8-4)16-26(24)18-28/h9-18H,5-8H2,1-4H3. The lowest BCUT2D eigenvalue weighted by Gasteiger charge is -2.11. The summed E-state index contributed by atoms with van der Waals surface area (Å²) in [6, 6.07) is 20.2. The average Bonchev–Trinajstić information content (AvgIpc) is 2.81. The molecular formula is C28H30O2S2. The molecule has 0 aliphatic heterocycles. The van der Waals surface area contributed by atoms with Crippen LogP contribution in [0.2, 0.25) is 0 Å². The van der Waals surface area contributed by atoms with Gasteiger partial charge in [-0.05, 0) is 93.7 Å². The van der Waals surface area contributed by atoms with E-state index in [2.05, 4.69) is 52.0 Å². The van der Waals surface area contributed by atoms with E-state index in [1.807, 2.05) is 30.3 Å². The molecule has 4 aromatic rings. The lowest BCUT2D eigenvalue weighted by molar-refractivity contribution is 0.610. The van der Waals surface area contributed by atoms with E-state index < -0.39 is 8.87 Å². The van der Waals surface area contributed by atoms with Crippen molar-refractivity contribution in [1.82, 2.24) is 0 Å². The highest BCUT2D eigenvalue weighted by Crippen LogP contribution is 2.35. The van der Waals surface area contributed by atoms with Crippen molar-refractivity contribution in [2.45, 2.75) is 63.2 Å². The largest absolute Gasteiger partial charge is 0.234 e. The van der Waals surface area contributed by atoms with Crippen molar-refractivity contribution in [1.29, 1.82) is 0 Å². The Morgan fingerprint density at radius 1 is 0.562 bits per heavy atom. The molecule has 0 atom stereocenters. The number of aryl methyl sites for hydroxylation is 4. The second-order valence-corrected chi connectivity index (χ2v) is 12.0. The highest BCUT2D eigenvalue weighted by molar-refractivity contribution is 8.72. The first kappa shape index (κ1) is 22.9. The van der Waals surface area contributed by atoms with Crippen LogP contribution in [0.5, 0.6) is 0 Å². The minimum Gasteiger partial charge on any atom is -0.212 e. The van der Waals surface area contributed by atoms with Crippen molar-refractivity contribution < 1.29 is 8.42 Å². The highest BCUT2D eigenvalue weighted by atomic mass is 33.1. The summed E-state index contributed by atoms with van der Waals surface area (Å²) < 4.78 is 26.5. The van der Waals surface area contributed by atoms with Gasteiger partial charge in [0.1, 0.15) is 0 Å². The smallest absolute Gasteiger partial charge is 0.212 e. The Hall–Kier alpha value is -2.30. The van der Waals surface area contributed by atoms with E-state index in [0.717, 1.165) is 62.9 Å². The van der Waals surface area contributed by atoms with Crippen LogP contribution in [0.1, 0.15) is 49.9 Å². The number of rotatable bonds is 7. The zero-order chi connectivity index (χ0) is 22.9. The van der Waals surface area contributed by atoms with Crippen LogP contribution in [0.4, 0.5) is 0 Å². The van der Waals surface area contributed by atoms with Crippen molar-refractivity contribution in [3.63, 3.8) is 0 Å². The molecule has 0 N–H and O–H groups in total. The second kappa shape index (κ2) is 9.29. The van der Waals surface area contributed by atoms with Crippen LogP contribution in [-0.2, 0) is 34.6 Å². The van der Waals surface area contributed by atoms with Crippen LogP contribution in [0.25, 0.3) is 21.5 Å². The lowest BCUT2D eigenvalue weighted by atomic mass is 9.98. The lowest BCUT2D eigenvalue weighted by Crippen LogP contribution is -1.97. The number of hydrogen-bond acceptors (Lipinski definition) is 3. The molecule has 0 heterocycles. The predicted molar refractivity (Wildman–Crippen MR) is 138 cm³/mol. The van der Waals surface area contributed by atoms with Gasteiger partial charge in [0.25, 0.3) is 0 Å². The molecule has 0 amide bonds. The van der Waals surface area contributed by atoms with E-state index in [4.69, 9.17) is 0 Å². The third kappa shape index (κ3) is 4.44. The molecule has 0 fully saturated rings. The second-order valence-electron chi connectivity index (χ2n) is 8.21. The first-order valence-electron chi connectivity index (χ1n) is 11.4. The maximum absolute atomic E-state index is 13.2. The van der Waals surface area contributed by atoms with Gasteiger partial charge < -0.3 is 0 Å². The van der Waals surface area contributed by atoms with E-state index in [9.17, 15) is 8.42 Å². The molecule has 0 saturated carbocycles. The van der Waals surface area contributed by atoms with Crippen molar-refractivity contribution in [2.75, 3.05) is 0 Å². The molecule has 0 spiro atoms. The molecule has 166 valence electrons. The van der Waals surface area contributed by atoms with E-state index in [0.29, 0.717) is 4.90 Å². The zero-order valence-corrected chi connectivity index (χ0v) is 20.9. The first-order chi connectivity index (χ1) is 15.4. The van der Waals surface area contributed by atoms with E-state index in [-0.39, 0.29) is 0 Å². The van der Waals surface area contributed by atoms with Gasteiger partial charge in [-0.25, -0.2) is 8.42 Å². The third-order valence-corrected chi connectivity index (χ3v) is 9.59. The molecule has 2 nitrogen and oxygen atoms in total. The average molecular weight is 463 g/mol. The maximum atomic E-state index is 13.2. The third-order valence-electron chi connectivity index (χ3n) is 6.28. The fourth-order valence-electron chi connectivity index (χ4n) is 4.44. The summed E-state index contributed by atoms with van der Waals surface area (Å²) in [5.74, 6) is 0. The molecule has 0 aromatic heterocycles. The van der Waals surface area contributed by atoms with E-state index >= 15 is 0 Å². The topological polar surface area (TPSA) is 34.1 Å². The van der Waals surface area contributed by atoms with Gasteiger partial charge in [0.2, 0.25) is 8.87 Å². The van der Waals surface area contributed by atoms with Gasteiger partial charge in [-0.15, -0.1) is 0 Å². The summed E-state index contributed by atoms with van der Waals surface area (Å²) in [7, 11) is -2.58. The molecule has 0 aliphatic rings. The van der Waals surface area contributed by atoms with Crippen LogP contribution < -0.4 is 0 Å². The number of fused-ring (bicyclic) bond motifs is 2. The number of hydrogen-bond donors (Lipinski definition) is 0. The van der Waals surface area contributed by atoms with Crippen LogP contribution in [0.15, 0.2) is 70.5 Å². The van der Waals surface area contributed by atoms with Gasteiger partial charge in [-0.2, -0.15) is 0 Å². The molecule has 0 bridgehead atoms. The fraction of sp³-hybridized carbons (Fsp3) is 0.286. The first-order valence-corrected chi connectivity index (χ1v) is 14.3. The van der Waals surface area contributed by atoms with Crippen molar-refractivity contribution in [3.05, 3.63) is 82.9 Å².